The Kier molecular flexibility index (Phi) is 7.67. The summed E-state index contributed by atoms with van der Waals surface area (Å²) in [5, 5.41) is 0. The van der Waals surface area contributed by atoms with E-state index in [1.807, 2.05) is 0 Å². The zero-order valence-corrected chi connectivity index (χ0v) is 18.4. The fourth-order valence-electron chi connectivity index (χ4n) is 2.83. The molecule has 0 radical (unpaired) electrons. The number of hydrogen-bond donors (Lipinski definition) is 0. The summed E-state index contributed by atoms with van der Waals surface area (Å²) in [5.41, 5.74) is 5.42. The summed E-state index contributed by atoms with van der Waals surface area (Å²) in [6.45, 7) is 8.86. The first-order valence-corrected chi connectivity index (χ1v) is 14.3. The van der Waals surface area contributed by atoms with Gasteiger partial charge >= 0.3 is 155 Å². The molecule has 0 bridgehead atoms. The van der Waals surface area contributed by atoms with E-state index in [1.165, 1.54) is 22.3 Å². The van der Waals surface area contributed by atoms with Gasteiger partial charge in [-0.2, -0.15) is 0 Å². The van der Waals surface area contributed by atoms with Crippen molar-refractivity contribution >= 4 is 19.7 Å². The molecule has 2 aromatic carbocycles. The zero-order valence-electron chi connectivity index (χ0n) is 15.5. The van der Waals surface area contributed by atoms with Crippen LogP contribution in [0.25, 0.3) is 0 Å². The van der Waals surface area contributed by atoms with Crippen molar-refractivity contribution in [2.24, 2.45) is 0 Å². The molecule has 2 rings (SSSR count). The molecule has 24 heavy (non-hydrogen) atoms. The number of hydrogen-bond acceptors (Lipinski definition) is 1. The normalized spacial score (nSPS) is 11.2. The van der Waals surface area contributed by atoms with Gasteiger partial charge in [-0.25, -0.2) is 0 Å². The van der Waals surface area contributed by atoms with Crippen molar-refractivity contribution in [2.45, 2.75) is 61.2 Å². The number of benzene rings is 2. The first-order valence-electron chi connectivity index (χ1n) is 9.15. The summed E-state index contributed by atoms with van der Waals surface area (Å²) in [5.74, 6) is 1.15. The van der Waals surface area contributed by atoms with Crippen LogP contribution < -0.4 is 0 Å². The van der Waals surface area contributed by atoms with Crippen LogP contribution in [0.4, 0.5) is 0 Å². The number of rotatable bonds is 8. The van der Waals surface area contributed by atoms with Crippen molar-refractivity contribution < 1.29 is 3.08 Å². The molecule has 128 valence electrons. The maximum atomic E-state index is 12.4. The molecule has 0 aliphatic heterocycles. The average Bonchev–Trinajstić information content (AvgIpc) is 2.58. The third-order valence-electron chi connectivity index (χ3n) is 4.68. The third-order valence-corrected chi connectivity index (χ3v) is 9.29. The molecule has 0 unspecified atom stereocenters. The van der Waals surface area contributed by atoms with Crippen LogP contribution in [0, 0.1) is 0 Å². The van der Waals surface area contributed by atoms with E-state index in [2.05, 4.69) is 76.2 Å². The molecule has 0 fully saturated rings. The standard InChI is InChI=1S/2C11H15.O.Sn/c2*1-4-10-5-7-11(8-6-10)9(2)3;;/h2*5-9H,1,4H2,2-3H3;;. The molecular weight excluding hydrogens is 399 g/mol. The fourth-order valence-corrected chi connectivity index (χ4v) is 6.78. The average molecular weight is 429 g/mol. The van der Waals surface area contributed by atoms with E-state index in [-0.39, 0.29) is 0 Å². The summed E-state index contributed by atoms with van der Waals surface area (Å²) in [6.07, 6.45) is 1.95. The second kappa shape index (κ2) is 9.50. The molecule has 2 aromatic rings. The van der Waals surface area contributed by atoms with E-state index >= 15 is 0 Å². The second-order valence-corrected chi connectivity index (χ2v) is 13.3. The van der Waals surface area contributed by atoms with Crippen LogP contribution in [0.2, 0.25) is 8.87 Å². The molecule has 0 aliphatic rings. The molecule has 0 saturated carbocycles. The van der Waals surface area contributed by atoms with Crippen molar-refractivity contribution in [2.75, 3.05) is 0 Å². The van der Waals surface area contributed by atoms with E-state index in [9.17, 15) is 3.08 Å². The van der Waals surface area contributed by atoms with Gasteiger partial charge in [0.2, 0.25) is 0 Å². The first-order chi connectivity index (χ1) is 11.5. The predicted octanol–water partition coefficient (Wildman–Crippen LogP) is 6.14. The van der Waals surface area contributed by atoms with Crippen LogP contribution in [-0.2, 0) is 15.9 Å². The van der Waals surface area contributed by atoms with E-state index in [1.54, 1.807) is 0 Å². The molecule has 0 amide bonds. The molecule has 0 aliphatic carbocycles. The Labute approximate surface area is 154 Å². The van der Waals surface area contributed by atoms with Gasteiger partial charge in [0.15, 0.2) is 0 Å². The van der Waals surface area contributed by atoms with Gasteiger partial charge in [-0.1, -0.05) is 0 Å². The Morgan fingerprint density at radius 2 is 1.00 bits per heavy atom. The van der Waals surface area contributed by atoms with Crippen LogP contribution in [0.1, 0.15) is 61.8 Å². The van der Waals surface area contributed by atoms with E-state index in [0.717, 1.165) is 21.7 Å². The minimum atomic E-state index is -2.43. The quantitative estimate of drug-likeness (QED) is 0.461. The zero-order chi connectivity index (χ0) is 17.5. The molecule has 1 nitrogen and oxygen atoms in total. The molecule has 0 aromatic heterocycles. The molecule has 0 heterocycles. The molecule has 2 heteroatoms. The van der Waals surface area contributed by atoms with Gasteiger partial charge in [-0.05, 0) is 0 Å². The van der Waals surface area contributed by atoms with E-state index in [4.69, 9.17) is 0 Å². The molecule has 0 spiro atoms. The van der Waals surface area contributed by atoms with E-state index < -0.39 is 19.7 Å². The predicted molar refractivity (Wildman–Crippen MR) is 105 cm³/mol. The van der Waals surface area contributed by atoms with E-state index in [0.29, 0.717) is 11.8 Å². The summed E-state index contributed by atoms with van der Waals surface area (Å²) in [7, 11) is 0. The van der Waals surface area contributed by atoms with Crippen LogP contribution in [0.15, 0.2) is 48.5 Å². The second-order valence-electron chi connectivity index (χ2n) is 7.33. The van der Waals surface area contributed by atoms with Crippen LogP contribution in [-0.4, -0.2) is 19.7 Å². The summed E-state index contributed by atoms with van der Waals surface area (Å²) in [6, 6.07) is 17.7. The van der Waals surface area contributed by atoms with Gasteiger partial charge in [0.05, 0.1) is 0 Å². The summed E-state index contributed by atoms with van der Waals surface area (Å²) in [4.78, 5) is 0. The van der Waals surface area contributed by atoms with Crippen molar-refractivity contribution in [1.29, 1.82) is 0 Å². The molecule has 0 N–H and O–H groups in total. The monoisotopic (exact) mass is 430 g/mol. The van der Waals surface area contributed by atoms with Crippen molar-refractivity contribution in [1.82, 2.24) is 0 Å². The van der Waals surface area contributed by atoms with Gasteiger partial charge in [-0.3, -0.25) is 0 Å². The van der Waals surface area contributed by atoms with Crippen LogP contribution in [0.5, 0.6) is 0 Å². The van der Waals surface area contributed by atoms with Gasteiger partial charge in [0.25, 0.3) is 0 Å². The Bertz CT molecular complexity index is 581. The van der Waals surface area contributed by atoms with Gasteiger partial charge in [-0.15, -0.1) is 0 Å². The fraction of sp³-hybridized carbons (Fsp3) is 0.455. The Morgan fingerprint density at radius 3 is 1.29 bits per heavy atom. The summed E-state index contributed by atoms with van der Waals surface area (Å²) >= 11 is -2.43. The topological polar surface area (TPSA) is 17.1 Å². The first kappa shape index (κ1) is 19.4. The van der Waals surface area contributed by atoms with Gasteiger partial charge in [0.1, 0.15) is 0 Å². The Balaban J connectivity index is 1.76. The van der Waals surface area contributed by atoms with Gasteiger partial charge < -0.3 is 0 Å². The SMILES string of the molecule is CC(C)c1ccc(C[CH2][Sn](=[O])[CH2]Cc2ccc(C(C)C)cc2)cc1. The molecule has 0 saturated heterocycles. The minimum absolute atomic E-state index is 0.576. The summed E-state index contributed by atoms with van der Waals surface area (Å²) < 4.78 is 14.3. The Morgan fingerprint density at radius 1 is 0.667 bits per heavy atom. The maximum absolute atomic E-state index is 12.4. The molecular formula is C22H30OSn. The number of aryl methyl sites for hydroxylation is 2. The van der Waals surface area contributed by atoms with Crippen molar-refractivity contribution in [3.05, 3.63) is 70.8 Å². The van der Waals surface area contributed by atoms with Crippen molar-refractivity contribution in [3.8, 4) is 0 Å². The van der Waals surface area contributed by atoms with Crippen molar-refractivity contribution in [3.63, 3.8) is 0 Å². The molecule has 0 atom stereocenters. The van der Waals surface area contributed by atoms with Gasteiger partial charge in [0, 0.05) is 0 Å². The third kappa shape index (κ3) is 6.16. The Hall–Kier alpha value is -0.961. The van der Waals surface area contributed by atoms with Crippen LogP contribution >= 0.6 is 0 Å². The van der Waals surface area contributed by atoms with Crippen LogP contribution in [0.3, 0.4) is 0 Å².